The van der Waals surface area contributed by atoms with Crippen LogP contribution in [0.4, 0.5) is 4.79 Å². The molecule has 17 heavy (non-hydrogen) atoms. The molecule has 0 spiro atoms. The van der Waals surface area contributed by atoms with Crippen LogP contribution in [0.5, 0.6) is 0 Å². The first-order chi connectivity index (χ1) is 7.81. The van der Waals surface area contributed by atoms with Gasteiger partial charge < -0.3 is 20.8 Å². The Balaban J connectivity index is 2.37. The maximum absolute atomic E-state index is 11.6. The van der Waals surface area contributed by atoms with Gasteiger partial charge >= 0.3 is 12.0 Å². The molecule has 0 radical (unpaired) electrons. The molecule has 1 saturated carbocycles. The van der Waals surface area contributed by atoms with Gasteiger partial charge in [-0.2, -0.15) is 0 Å². The van der Waals surface area contributed by atoms with Crippen LogP contribution in [0.3, 0.4) is 0 Å². The highest BCUT2D eigenvalue weighted by atomic mass is 16.4. The van der Waals surface area contributed by atoms with Crippen molar-refractivity contribution < 1.29 is 19.8 Å². The molecular formula is C11H20N2O4. The van der Waals surface area contributed by atoms with E-state index in [9.17, 15) is 14.7 Å². The predicted molar refractivity (Wildman–Crippen MR) is 61.6 cm³/mol. The first-order valence-corrected chi connectivity index (χ1v) is 5.81. The van der Waals surface area contributed by atoms with Crippen LogP contribution in [-0.2, 0) is 4.79 Å². The number of urea groups is 1. The summed E-state index contributed by atoms with van der Waals surface area (Å²) in [6.45, 7) is 2.86. The summed E-state index contributed by atoms with van der Waals surface area (Å²) in [4.78, 5) is 22.4. The SMILES string of the molecule is CC(C)(NC(=O)NC1CCC(O)CC1)C(=O)O. The number of hydrogen-bond donors (Lipinski definition) is 4. The molecule has 0 bridgehead atoms. The zero-order valence-electron chi connectivity index (χ0n) is 10.2. The van der Waals surface area contributed by atoms with Crippen molar-refractivity contribution in [3.05, 3.63) is 0 Å². The average molecular weight is 244 g/mol. The van der Waals surface area contributed by atoms with Gasteiger partial charge in [-0.3, -0.25) is 0 Å². The van der Waals surface area contributed by atoms with Gasteiger partial charge in [-0.1, -0.05) is 0 Å². The molecule has 0 atom stereocenters. The van der Waals surface area contributed by atoms with Crippen molar-refractivity contribution in [2.45, 2.75) is 57.2 Å². The minimum atomic E-state index is -1.28. The third-order valence-electron chi connectivity index (χ3n) is 2.99. The Kier molecular flexibility index (Phi) is 4.34. The minimum absolute atomic E-state index is 0.0167. The maximum atomic E-state index is 11.6. The number of aliphatic hydroxyl groups is 1. The smallest absolute Gasteiger partial charge is 0.328 e. The van der Waals surface area contributed by atoms with Crippen molar-refractivity contribution in [1.82, 2.24) is 10.6 Å². The molecule has 0 aromatic rings. The maximum Gasteiger partial charge on any atom is 0.328 e. The molecule has 98 valence electrons. The zero-order chi connectivity index (χ0) is 13.1. The summed E-state index contributed by atoms with van der Waals surface area (Å²) in [5.41, 5.74) is -1.28. The van der Waals surface area contributed by atoms with Gasteiger partial charge in [0.2, 0.25) is 0 Å². The lowest BCUT2D eigenvalue weighted by Gasteiger charge is -2.28. The van der Waals surface area contributed by atoms with Gasteiger partial charge in [0.05, 0.1) is 6.10 Å². The van der Waals surface area contributed by atoms with Gasteiger partial charge in [-0.15, -0.1) is 0 Å². The summed E-state index contributed by atoms with van der Waals surface area (Å²) in [7, 11) is 0. The van der Waals surface area contributed by atoms with Crippen molar-refractivity contribution in [3.63, 3.8) is 0 Å². The van der Waals surface area contributed by atoms with Crippen molar-refractivity contribution in [2.24, 2.45) is 0 Å². The monoisotopic (exact) mass is 244 g/mol. The van der Waals surface area contributed by atoms with Crippen LogP contribution in [0.2, 0.25) is 0 Å². The molecule has 0 saturated heterocycles. The number of nitrogens with one attached hydrogen (secondary N) is 2. The fourth-order valence-electron chi connectivity index (χ4n) is 1.78. The van der Waals surface area contributed by atoms with E-state index in [0.717, 1.165) is 12.8 Å². The van der Waals surface area contributed by atoms with Crippen molar-refractivity contribution in [3.8, 4) is 0 Å². The molecule has 0 aromatic heterocycles. The summed E-state index contributed by atoms with van der Waals surface area (Å²) >= 11 is 0. The molecule has 1 fully saturated rings. The number of amides is 2. The second-order valence-electron chi connectivity index (χ2n) is 5.03. The lowest BCUT2D eigenvalue weighted by Crippen LogP contribution is -2.55. The molecule has 6 heteroatoms. The Labute approximate surface area is 100 Å². The molecule has 0 unspecified atom stereocenters. The van der Waals surface area contributed by atoms with Crippen LogP contribution in [0, 0.1) is 0 Å². The van der Waals surface area contributed by atoms with Gasteiger partial charge in [-0.25, -0.2) is 9.59 Å². The van der Waals surface area contributed by atoms with E-state index in [1.54, 1.807) is 0 Å². The minimum Gasteiger partial charge on any atom is -0.480 e. The Bertz CT molecular complexity index is 296. The van der Waals surface area contributed by atoms with Crippen molar-refractivity contribution in [2.75, 3.05) is 0 Å². The topological polar surface area (TPSA) is 98.7 Å². The van der Waals surface area contributed by atoms with E-state index in [1.165, 1.54) is 13.8 Å². The quantitative estimate of drug-likeness (QED) is 0.579. The number of aliphatic carboxylic acids is 1. The largest absolute Gasteiger partial charge is 0.480 e. The first-order valence-electron chi connectivity index (χ1n) is 5.81. The molecule has 4 N–H and O–H groups in total. The van der Waals surface area contributed by atoms with Gasteiger partial charge in [0.1, 0.15) is 5.54 Å². The van der Waals surface area contributed by atoms with Gasteiger partial charge in [0, 0.05) is 6.04 Å². The van der Waals surface area contributed by atoms with E-state index in [2.05, 4.69) is 10.6 Å². The highest BCUT2D eigenvalue weighted by Gasteiger charge is 2.30. The van der Waals surface area contributed by atoms with Crippen LogP contribution < -0.4 is 10.6 Å². The van der Waals surface area contributed by atoms with E-state index >= 15 is 0 Å². The second-order valence-corrected chi connectivity index (χ2v) is 5.03. The number of hydrogen-bond acceptors (Lipinski definition) is 3. The highest BCUT2D eigenvalue weighted by Crippen LogP contribution is 2.18. The molecule has 6 nitrogen and oxygen atoms in total. The van der Waals surface area contributed by atoms with E-state index < -0.39 is 17.5 Å². The Morgan fingerprint density at radius 3 is 2.18 bits per heavy atom. The predicted octanol–water partition coefficient (Wildman–Crippen LogP) is 0.452. The Morgan fingerprint density at radius 1 is 1.18 bits per heavy atom. The summed E-state index contributed by atoms with van der Waals surface area (Å²) in [5, 5.41) is 23.3. The highest BCUT2D eigenvalue weighted by molar-refractivity contribution is 5.85. The van der Waals surface area contributed by atoms with Crippen molar-refractivity contribution in [1.29, 1.82) is 0 Å². The number of carboxylic acids is 1. The fraction of sp³-hybridized carbons (Fsp3) is 0.818. The van der Waals surface area contributed by atoms with E-state index in [4.69, 9.17) is 5.11 Å². The fourth-order valence-corrected chi connectivity index (χ4v) is 1.78. The third kappa shape index (κ3) is 4.22. The lowest BCUT2D eigenvalue weighted by atomic mass is 9.93. The molecule has 0 aromatic carbocycles. The van der Waals surface area contributed by atoms with Gasteiger partial charge in [0.25, 0.3) is 0 Å². The summed E-state index contributed by atoms with van der Waals surface area (Å²) in [5.74, 6) is -1.08. The second kappa shape index (κ2) is 5.35. The summed E-state index contributed by atoms with van der Waals surface area (Å²) < 4.78 is 0. The normalized spacial score (nSPS) is 25.1. The van der Waals surface area contributed by atoms with Gasteiger partial charge in [-0.05, 0) is 39.5 Å². The number of aliphatic hydroxyl groups excluding tert-OH is 1. The van der Waals surface area contributed by atoms with Crippen LogP contribution in [0.15, 0.2) is 0 Å². The number of carbonyl (C=O) groups is 2. The molecule has 2 amide bonds. The molecule has 1 aliphatic rings. The average Bonchev–Trinajstić information content (AvgIpc) is 2.20. The van der Waals surface area contributed by atoms with E-state index in [-0.39, 0.29) is 12.1 Å². The third-order valence-corrected chi connectivity index (χ3v) is 2.99. The molecule has 1 rings (SSSR count). The van der Waals surface area contributed by atoms with Crippen LogP contribution in [0.1, 0.15) is 39.5 Å². The lowest BCUT2D eigenvalue weighted by molar-refractivity contribution is -0.142. The van der Waals surface area contributed by atoms with E-state index in [0.29, 0.717) is 12.8 Å². The van der Waals surface area contributed by atoms with Crippen molar-refractivity contribution >= 4 is 12.0 Å². The van der Waals surface area contributed by atoms with Crippen LogP contribution in [0.25, 0.3) is 0 Å². The molecule has 0 heterocycles. The Morgan fingerprint density at radius 2 is 1.71 bits per heavy atom. The van der Waals surface area contributed by atoms with Crippen LogP contribution in [-0.4, -0.2) is 39.9 Å². The standard InChI is InChI=1S/C11H20N2O4/c1-11(2,9(15)16)13-10(17)12-7-3-5-8(14)6-4-7/h7-8,14H,3-6H2,1-2H3,(H,15,16)(H2,12,13,17). The molecule has 0 aliphatic heterocycles. The van der Waals surface area contributed by atoms with Crippen LogP contribution >= 0.6 is 0 Å². The number of carboxylic acid groups (broad SMARTS) is 1. The molecular weight excluding hydrogens is 224 g/mol. The first kappa shape index (κ1) is 13.8. The molecule has 1 aliphatic carbocycles. The Hall–Kier alpha value is -1.30. The van der Waals surface area contributed by atoms with Gasteiger partial charge in [0.15, 0.2) is 0 Å². The zero-order valence-corrected chi connectivity index (χ0v) is 10.2. The summed E-state index contributed by atoms with van der Waals surface area (Å²) in [6.07, 6.45) is 2.52. The summed E-state index contributed by atoms with van der Waals surface area (Å²) in [6, 6.07) is -0.457. The number of rotatable bonds is 3. The number of carbonyl (C=O) groups excluding carboxylic acids is 1. The van der Waals surface area contributed by atoms with E-state index in [1.807, 2.05) is 0 Å².